The summed E-state index contributed by atoms with van der Waals surface area (Å²) in [6, 6.07) is 51.3. The number of benzene rings is 9. The van der Waals surface area contributed by atoms with Gasteiger partial charge in [0.25, 0.3) is 0 Å². The summed E-state index contributed by atoms with van der Waals surface area (Å²) in [5.41, 5.74) is 7.76. The van der Waals surface area contributed by atoms with Crippen LogP contribution < -0.4 is 0 Å². The van der Waals surface area contributed by atoms with Gasteiger partial charge in [-0.1, -0.05) is 170 Å². The van der Waals surface area contributed by atoms with E-state index in [1.807, 2.05) is 78.9 Å². The Kier molecular flexibility index (Phi) is 6.42. The molecule has 0 saturated heterocycles. The zero-order valence-electron chi connectivity index (χ0n) is 37.3. The van der Waals surface area contributed by atoms with Gasteiger partial charge in [0, 0.05) is 36.9 Å². The van der Waals surface area contributed by atoms with Crippen LogP contribution in [0, 0.1) is 0 Å². The van der Waals surface area contributed by atoms with E-state index in [-0.39, 0.29) is 61.8 Å². The van der Waals surface area contributed by atoms with Gasteiger partial charge in [-0.05, 0) is 85.2 Å². The third-order valence-corrected chi connectivity index (χ3v) is 11.4. The molecule has 0 atom stereocenters. The average molecular weight is 751 g/mol. The van der Waals surface area contributed by atoms with E-state index < -0.39 is 12.1 Å². The summed E-state index contributed by atoms with van der Waals surface area (Å²) < 4.78 is 62.6. The summed E-state index contributed by atoms with van der Waals surface area (Å²) in [5.74, 6) is 0.659. The topological polar surface area (TPSA) is 38.7 Å². The summed E-state index contributed by atoms with van der Waals surface area (Å²) in [7, 11) is 0. The van der Waals surface area contributed by atoms with Gasteiger partial charge in [-0.25, -0.2) is 15.0 Å². The van der Waals surface area contributed by atoms with Gasteiger partial charge in [0.05, 0.1) is 9.60 Å². The molecule has 0 fully saturated rings. The zero-order chi connectivity index (χ0) is 43.8. The second-order valence-corrected chi connectivity index (χ2v) is 14.9. The van der Waals surface area contributed by atoms with Gasteiger partial charge in [-0.15, -0.1) is 11.3 Å². The van der Waals surface area contributed by atoms with Crippen molar-refractivity contribution in [3.63, 3.8) is 0 Å². The van der Waals surface area contributed by atoms with E-state index in [9.17, 15) is 4.11 Å². The number of nitrogens with zero attached hydrogens (tertiary/aromatic N) is 3. The minimum atomic E-state index is -0.431. The molecule has 3 nitrogen and oxygen atoms in total. The summed E-state index contributed by atoms with van der Waals surface area (Å²) in [6.45, 7) is 0. The van der Waals surface area contributed by atoms with Crippen LogP contribution in [0.25, 0.3) is 109 Å². The maximum Gasteiger partial charge on any atom is 0.164 e. The highest BCUT2D eigenvalue weighted by molar-refractivity contribution is 7.25. The first-order chi connectivity index (χ1) is 31.1. The van der Waals surface area contributed by atoms with E-state index in [2.05, 4.69) is 78.9 Å². The van der Waals surface area contributed by atoms with Crippen molar-refractivity contribution in [1.82, 2.24) is 15.0 Å². The van der Waals surface area contributed by atoms with Crippen LogP contribution in [0.15, 0.2) is 200 Å². The molecule has 4 heteroatoms. The molecule has 11 rings (SSSR count). The second kappa shape index (κ2) is 13.8. The van der Waals surface area contributed by atoms with Crippen LogP contribution >= 0.6 is 11.3 Å². The molecule has 0 spiro atoms. The van der Waals surface area contributed by atoms with Crippen LogP contribution in [0.4, 0.5) is 0 Å². The lowest BCUT2D eigenvalue weighted by molar-refractivity contribution is 1.08. The van der Waals surface area contributed by atoms with Gasteiger partial charge < -0.3 is 0 Å². The lowest BCUT2D eigenvalue weighted by Gasteiger charge is -2.13. The van der Waals surface area contributed by atoms with Crippen LogP contribution in [-0.2, 0) is 0 Å². The Bertz CT molecular complexity index is 3710. The maximum atomic E-state index is 9.55. The van der Waals surface area contributed by atoms with Gasteiger partial charge in [0.1, 0.15) is 0 Å². The molecular weight excluding hydrogens is 711 g/mol. The van der Waals surface area contributed by atoms with Crippen LogP contribution in [-0.4, -0.2) is 15.0 Å². The first-order valence-corrected chi connectivity index (χ1v) is 19.4. The Hall–Kier alpha value is -7.27. The molecule has 57 heavy (non-hydrogen) atoms. The van der Waals surface area contributed by atoms with E-state index in [0.29, 0.717) is 22.8 Å². The van der Waals surface area contributed by atoms with E-state index in [4.69, 9.17) is 20.4 Å². The molecule has 9 aromatic carbocycles. The molecule has 0 aliphatic rings. The molecule has 0 amide bonds. The quantitative estimate of drug-likeness (QED) is 0.170. The fourth-order valence-corrected chi connectivity index (χ4v) is 8.57. The SMILES string of the molecule is [2H]c1c([2H])c([2H])c2c(sc3c([2H])c(-c4nc(-c5cccc(-c6ccc(-c7ccccc7)c7ccccc67)c5)nc(-c5ccc6ccc(-c7ccccc7)cc6c5)n4)c([2H])c([2H])c32)c1[2H]. The van der Waals surface area contributed by atoms with Crippen molar-refractivity contribution in [2.45, 2.75) is 0 Å². The van der Waals surface area contributed by atoms with Crippen LogP contribution in [0.1, 0.15) is 9.60 Å². The molecule has 0 aliphatic carbocycles. The van der Waals surface area contributed by atoms with Crippen molar-refractivity contribution in [3.05, 3.63) is 200 Å². The molecule has 2 aromatic heterocycles. The fraction of sp³-hybridized carbons (Fsp3) is 0. The summed E-state index contributed by atoms with van der Waals surface area (Å²) in [6.07, 6.45) is 0. The lowest BCUT2D eigenvalue weighted by atomic mass is 9.91. The molecule has 2 heterocycles. The van der Waals surface area contributed by atoms with Gasteiger partial charge in [0.15, 0.2) is 17.5 Å². The highest BCUT2D eigenvalue weighted by Gasteiger charge is 2.16. The van der Waals surface area contributed by atoms with Crippen molar-refractivity contribution < 1.29 is 9.60 Å². The molecule has 11 aromatic rings. The van der Waals surface area contributed by atoms with Crippen LogP contribution in [0.3, 0.4) is 0 Å². The number of hydrogen-bond donors (Lipinski definition) is 0. The average Bonchev–Trinajstić information content (AvgIpc) is 3.76. The molecule has 0 bridgehead atoms. The molecule has 0 aliphatic heterocycles. The Morgan fingerprint density at radius 1 is 0.351 bits per heavy atom. The highest BCUT2D eigenvalue weighted by atomic mass is 32.1. The van der Waals surface area contributed by atoms with Gasteiger partial charge in [0.2, 0.25) is 0 Å². The smallest absolute Gasteiger partial charge is 0.164 e. The Morgan fingerprint density at radius 2 is 0.912 bits per heavy atom. The first kappa shape index (κ1) is 26.5. The summed E-state index contributed by atoms with van der Waals surface area (Å²) >= 11 is 1.01. The van der Waals surface area contributed by atoms with E-state index in [1.54, 1.807) is 0 Å². The maximum absolute atomic E-state index is 9.55. The van der Waals surface area contributed by atoms with Crippen molar-refractivity contribution in [2.24, 2.45) is 0 Å². The predicted octanol–water partition coefficient (Wildman–Crippen LogP) is 14.5. The number of hydrogen-bond acceptors (Lipinski definition) is 4. The van der Waals surface area contributed by atoms with Gasteiger partial charge in [-0.3, -0.25) is 0 Å². The van der Waals surface area contributed by atoms with Crippen LogP contribution in [0.5, 0.6) is 0 Å². The van der Waals surface area contributed by atoms with E-state index in [0.717, 1.165) is 66.3 Å². The number of rotatable bonds is 6. The predicted molar refractivity (Wildman–Crippen MR) is 240 cm³/mol. The highest BCUT2D eigenvalue weighted by Crippen LogP contribution is 2.39. The molecule has 0 saturated carbocycles. The normalized spacial score (nSPS) is 13.2. The third kappa shape index (κ3) is 6.04. The molecule has 266 valence electrons. The first-order valence-electron chi connectivity index (χ1n) is 22.1. The Morgan fingerprint density at radius 3 is 1.67 bits per heavy atom. The molecule has 0 N–H and O–H groups in total. The summed E-state index contributed by atoms with van der Waals surface area (Å²) in [4.78, 5) is 15.0. The largest absolute Gasteiger partial charge is 0.208 e. The molecule has 0 unspecified atom stereocenters. The standard InChI is InChI=1S/C53H33N3S/c1-3-12-34(13-4-1)37-24-22-35-23-25-40(32-42(35)30-37)52-54-51(55-53(56-52)41-26-27-48-47-20-9-10-21-49(47)57-50(48)33-41)39-17-11-16-38(31-39)44-29-28-43(36-14-5-2-6-15-36)45-18-7-8-19-46(44)45/h1-33H/i9D,10D,20D,21D,26D,27D,33D. The van der Waals surface area contributed by atoms with E-state index in [1.165, 1.54) is 0 Å². The zero-order valence-corrected chi connectivity index (χ0v) is 31.1. The minimum Gasteiger partial charge on any atom is -0.208 e. The Labute approximate surface area is 344 Å². The van der Waals surface area contributed by atoms with Crippen LogP contribution in [0.2, 0.25) is 0 Å². The summed E-state index contributed by atoms with van der Waals surface area (Å²) in [5, 5.41) is 4.48. The van der Waals surface area contributed by atoms with Crippen molar-refractivity contribution >= 4 is 53.1 Å². The molecule has 0 radical (unpaired) electrons. The number of thiophene rings is 1. The van der Waals surface area contributed by atoms with Crippen molar-refractivity contribution in [2.75, 3.05) is 0 Å². The van der Waals surface area contributed by atoms with Crippen molar-refractivity contribution in [3.8, 4) is 67.5 Å². The third-order valence-electron chi connectivity index (χ3n) is 10.4. The fourth-order valence-electron chi connectivity index (χ4n) is 7.60. The number of fused-ring (bicyclic) bond motifs is 5. The second-order valence-electron chi connectivity index (χ2n) is 13.9. The minimum absolute atomic E-state index is 0.00927. The van der Waals surface area contributed by atoms with E-state index >= 15 is 0 Å². The monoisotopic (exact) mass is 750 g/mol. The van der Waals surface area contributed by atoms with Gasteiger partial charge >= 0.3 is 0 Å². The van der Waals surface area contributed by atoms with Gasteiger partial charge in [-0.2, -0.15) is 0 Å². The molecular formula is C53H33N3S. The number of aromatic nitrogens is 3. The van der Waals surface area contributed by atoms with Crippen molar-refractivity contribution in [1.29, 1.82) is 0 Å². The Balaban J connectivity index is 1.12. The lowest BCUT2D eigenvalue weighted by Crippen LogP contribution is -2.00.